The van der Waals surface area contributed by atoms with Crippen LogP contribution in [-0.2, 0) is 7.05 Å². The van der Waals surface area contributed by atoms with Crippen molar-refractivity contribution in [2.45, 2.75) is 0 Å². The summed E-state index contributed by atoms with van der Waals surface area (Å²) in [5.74, 6) is 0. The number of aryl methyl sites for hydroxylation is 1. The first-order chi connectivity index (χ1) is 11.8. The molecule has 0 saturated carbocycles. The van der Waals surface area contributed by atoms with Crippen LogP contribution in [-0.4, -0.2) is 45.9 Å². The third-order valence-electron chi connectivity index (χ3n) is 4.22. The Morgan fingerprint density at radius 1 is 1.08 bits per heavy atom. The van der Waals surface area contributed by atoms with Crippen LogP contribution in [0.25, 0.3) is 31.1 Å². The van der Waals surface area contributed by atoms with Crippen molar-refractivity contribution in [1.29, 1.82) is 0 Å². The van der Waals surface area contributed by atoms with Crippen LogP contribution in [0.4, 0.5) is 5.13 Å². The molecule has 0 amide bonds. The Hall–Kier alpha value is -2.03. The van der Waals surface area contributed by atoms with E-state index in [1.54, 1.807) is 22.7 Å². The zero-order valence-electron chi connectivity index (χ0n) is 13.2. The standard InChI is InChI=1S/C16H16N6S2/c1-21-9-11-8-10(2-3-12(11)20-21)13-18-14-15(23-13)19-16(24-14)22-6-4-17-5-7-22/h2-3,8-9,17H,4-7H2,1H3. The second-order valence-corrected chi connectivity index (χ2v) is 7.87. The number of piperazine rings is 1. The molecule has 24 heavy (non-hydrogen) atoms. The van der Waals surface area contributed by atoms with Crippen molar-refractivity contribution in [1.82, 2.24) is 25.1 Å². The molecule has 0 radical (unpaired) electrons. The lowest BCUT2D eigenvalue weighted by atomic mass is 10.2. The van der Waals surface area contributed by atoms with E-state index in [1.165, 1.54) is 0 Å². The van der Waals surface area contributed by atoms with Crippen LogP contribution in [0.1, 0.15) is 0 Å². The van der Waals surface area contributed by atoms with Gasteiger partial charge in [0.25, 0.3) is 0 Å². The van der Waals surface area contributed by atoms with Crippen LogP contribution in [0.2, 0.25) is 0 Å². The summed E-state index contributed by atoms with van der Waals surface area (Å²) in [5.41, 5.74) is 2.15. The van der Waals surface area contributed by atoms with E-state index >= 15 is 0 Å². The quantitative estimate of drug-likeness (QED) is 0.598. The minimum Gasteiger partial charge on any atom is -0.345 e. The molecule has 122 valence electrons. The monoisotopic (exact) mass is 356 g/mol. The predicted molar refractivity (Wildman–Crippen MR) is 100 cm³/mol. The van der Waals surface area contributed by atoms with Gasteiger partial charge in [0, 0.05) is 50.4 Å². The van der Waals surface area contributed by atoms with Crippen molar-refractivity contribution in [2.24, 2.45) is 7.05 Å². The second kappa shape index (κ2) is 5.51. The van der Waals surface area contributed by atoms with Gasteiger partial charge >= 0.3 is 0 Å². The van der Waals surface area contributed by atoms with Crippen LogP contribution < -0.4 is 10.2 Å². The molecular weight excluding hydrogens is 340 g/mol. The topological polar surface area (TPSA) is 58.9 Å². The van der Waals surface area contributed by atoms with Gasteiger partial charge in [-0.25, -0.2) is 9.97 Å². The number of nitrogens with zero attached hydrogens (tertiary/aromatic N) is 5. The summed E-state index contributed by atoms with van der Waals surface area (Å²) < 4.78 is 1.84. The number of rotatable bonds is 2. The first-order valence-electron chi connectivity index (χ1n) is 7.93. The van der Waals surface area contributed by atoms with E-state index in [1.807, 2.05) is 17.9 Å². The van der Waals surface area contributed by atoms with Gasteiger partial charge in [-0.1, -0.05) is 22.7 Å². The summed E-state index contributed by atoms with van der Waals surface area (Å²) in [6.45, 7) is 4.09. The summed E-state index contributed by atoms with van der Waals surface area (Å²) in [4.78, 5) is 14.0. The highest BCUT2D eigenvalue weighted by Gasteiger charge is 2.18. The number of fused-ring (bicyclic) bond motifs is 2. The van der Waals surface area contributed by atoms with Gasteiger partial charge in [-0.05, 0) is 18.2 Å². The van der Waals surface area contributed by atoms with Gasteiger partial charge in [-0.15, -0.1) is 0 Å². The summed E-state index contributed by atoms with van der Waals surface area (Å²) in [6.07, 6.45) is 2.04. The first kappa shape index (κ1) is 14.3. The molecule has 0 unspecified atom stereocenters. The van der Waals surface area contributed by atoms with Crippen LogP contribution in [0, 0.1) is 0 Å². The molecule has 0 aliphatic carbocycles. The zero-order valence-corrected chi connectivity index (χ0v) is 14.8. The number of hydrogen-bond acceptors (Lipinski definition) is 7. The fraction of sp³-hybridized carbons (Fsp3) is 0.312. The van der Waals surface area contributed by atoms with Crippen LogP contribution in [0.15, 0.2) is 24.4 Å². The zero-order chi connectivity index (χ0) is 16.1. The molecule has 1 aliphatic rings. The first-order valence-corrected chi connectivity index (χ1v) is 9.56. The third kappa shape index (κ3) is 2.38. The summed E-state index contributed by atoms with van der Waals surface area (Å²) in [6, 6.07) is 6.30. The molecule has 1 aliphatic heterocycles. The molecule has 8 heteroatoms. The lowest BCUT2D eigenvalue weighted by Crippen LogP contribution is -2.43. The summed E-state index contributed by atoms with van der Waals surface area (Å²) in [7, 11) is 1.95. The van der Waals surface area contributed by atoms with Gasteiger partial charge in [-0.3, -0.25) is 4.68 Å². The third-order valence-corrected chi connectivity index (χ3v) is 6.36. The van der Waals surface area contributed by atoms with E-state index < -0.39 is 0 Å². The molecule has 1 N–H and O–H groups in total. The van der Waals surface area contributed by atoms with Crippen LogP contribution >= 0.6 is 22.7 Å². The number of aromatic nitrogens is 4. The normalized spacial score (nSPS) is 15.6. The van der Waals surface area contributed by atoms with Gasteiger partial charge in [0.15, 0.2) is 14.8 Å². The van der Waals surface area contributed by atoms with E-state index in [0.717, 1.165) is 62.4 Å². The smallest absolute Gasteiger partial charge is 0.188 e. The van der Waals surface area contributed by atoms with Crippen molar-refractivity contribution in [3.63, 3.8) is 0 Å². The number of anilines is 1. The molecule has 4 aromatic rings. The lowest BCUT2D eigenvalue weighted by Gasteiger charge is -2.26. The van der Waals surface area contributed by atoms with Crippen molar-refractivity contribution in [3.8, 4) is 10.6 Å². The lowest BCUT2D eigenvalue weighted by molar-refractivity contribution is 0.588. The van der Waals surface area contributed by atoms with E-state index in [9.17, 15) is 0 Å². The molecule has 4 heterocycles. The SMILES string of the molecule is Cn1cc2cc(-c3nc4sc(N5CCNCC5)nc4s3)ccc2n1. The Balaban J connectivity index is 1.51. The molecule has 0 spiro atoms. The van der Waals surface area contributed by atoms with Crippen LogP contribution in [0.3, 0.4) is 0 Å². The highest BCUT2D eigenvalue weighted by molar-refractivity contribution is 7.29. The maximum Gasteiger partial charge on any atom is 0.188 e. The second-order valence-electron chi connectivity index (χ2n) is 5.94. The molecule has 3 aromatic heterocycles. The Kier molecular flexibility index (Phi) is 3.29. The number of nitrogens with one attached hydrogen (secondary N) is 1. The minimum atomic E-state index is 1.01. The maximum atomic E-state index is 4.82. The fourth-order valence-corrected chi connectivity index (χ4v) is 5.12. The van der Waals surface area contributed by atoms with Gasteiger partial charge in [0.05, 0.1) is 5.52 Å². The fourth-order valence-electron chi connectivity index (χ4n) is 3.03. The number of hydrogen-bond donors (Lipinski definition) is 1. The molecule has 1 aromatic carbocycles. The average Bonchev–Trinajstić information content (AvgIpc) is 3.26. The van der Waals surface area contributed by atoms with E-state index in [-0.39, 0.29) is 0 Å². The minimum absolute atomic E-state index is 1.01. The molecule has 6 nitrogen and oxygen atoms in total. The Morgan fingerprint density at radius 2 is 1.92 bits per heavy atom. The predicted octanol–water partition coefficient (Wildman–Crippen LogP) is 2.72. The molecule has 0 atom stereocenters. The van der Waals surface area contributed by atoms with Crippen molar-refractivity contribution in [3.05, 3.63) is 24.4 Å². The van der Waals surface area contributed by atoms with E-state index in [0.29, 0.717) is 0 Å². The van der Waals surface area contributed by atoms with Crippen molar-refractivity contribution < 1.29 is 0 Å². The van der Waals surface area contributed by atoms with E-state index in [4.69, 9.17) is 9.97 Å². The average molecular weight is 356 g/mol. The van der Waals surface area contributed by atoms with Crippen molar-refractivity contribution >= 4 is 48.4 Å². The van der Waals surface area contributed by atoms with Gasteiger partial charge in [-0.2, -0.15) is 5.10 Å². The van der Waals surface area contributed by atoms with E-state index in [2.05, 4.69) is 33.5 Å². The number of benzene rings is 1. The van der Waals surface area contributed by atoms with Crippen molar-refractivity contribution in [2.75, 3.05) is 31.1 Å². The highest BCUT2D eigenvalue weighted by atomic mass is 32.1. The number of thiazole rings is 2. The summed E-state index contributed by atoms with van der Waals surface area (Å²) >= 11 is 3.37. The molecule has 1 saturated heterocycles. The van der Waals surface area contributed by atoms with Gasteiger partial charge < -0.3 is 10.2 Å². The molecule has 1 fully saturated rings. The highest BCUT2D eigenvalue weighted by Crippen LogP contribution is 2.36. The maximum absolute atomic E-state index is 4.82. The van der Waals surface area contributed by atoms with Crippen LogP contribution in [0.5, 0.6) is 0 Å². The molecular formula is C16H16N6S2. The Labute approximate surface area is 146 Å². The molecule has 5 rings (SSSR count). The van der Waals surface area contributed by atoms with Gasteiger partial charge in [0.2, 0.25) is 0 Å². The molecule has 0 bridgehead atoms. The largest absolute Gasteiger partial charge is 0.345 e. The van der Waals surface area contributed by atoms with Gasteiger partial charge in [0.1, 0.15) is 5.01 Å². The Bertz CT molecular complexity index is 992. The Morgan fingerprint density at radius 3 is 2.75 bits per heavy atom. The summed E-state index contributed by atoms with van der Waals surface area (Å²) in [5, 5.41) is 11.1.